The fraction of sp³-hybridized carbons (Fsp3) is 0.571. The van der Waals surface area contributed by atoms with Gasteiger partial charge in [0.1, 0.15) is 39.3 Å². The fourth-order valence-electron chi connectivity index (χ4n) is 2.72. The molecule has 0 amide bonds. The summed E-state index contributed by atoms with van der Waals surface area (Å²) in [6.45, 7) is 6.75. The van der Waals surface area contributed by atoms with E-state index >= 15 is 0 Å². The number of quaternary nitrogens is 2. The van der Waals surface area contributed by atoms with Crippen molar-refractivity contribution < 1.29 is 19.3 Å². The maximum absolute atomic E-state index is 6.01. The van der Waals surface area contributed by atoms with Crippen molar-refractivity contribution in [2.24, 2.45) is 0 Å². The fourth-order valence-corrected chi connectivity index (χ4v) is 2.72. The largest absolute Gasteiger partial charge is 0.486 e. The Balaban J connectivity index is 1.56. The molecule has 2 N–H and O–H groups in total. The molecule has 0 spiro atoms. The Morgan fingerprint density at radius 3 is 2.61 bits per heavy atom. The van der Waals surface area contributed by atoms with Crippen LogP contribution >= 0.6 is 0 Å². The second-order valence-corrected chi connectivity index (χ2v) is 5.41. The summed E-state index contributed by atoms with van der Waals surface area (Å²) in [4.78, 5) is 3.29. The zero-order valence-corrected chi connectivity index (χ0v) is 10.9. The second-order valence-electron chi connectivity index (χ2n) is 5.41. The predicted octanol–water partition coefficient (Wildman–Crippen LogP) is -1.76. The van der Waals surface area contributed by atoms with Gasteiger partial charge in [0, 0.05) is 0 Å². The molecule has 2 aliphatic heterocycles. The number of piperazine rings is 1. The van der Waals surface area contributed by atoms with E-state index in [1.165, 1.54) is 26.2 Å². The van der Waals surface area contributed by atoms with Crippen molar-refractivity contribution in [1.82, 2.24) is 0 Å². The number of hydrogen-bond acceptors (Lipinski definition) is 2. The Bertz CT molecular complexity index is 403. The number of hydrogen-bond donors (Lipinski definition) is 2. The van der Waals surface area contributed by atoms with Crippen LogP contribution in [-0.2, 0) is 0 Å². The summed E-state index contributed by atoms with van der Waals surface area (Å²) < 4.78 is 11.8. The van der Waals surface area contributed by atoms with Crippen molar-refractivity contribution in [3.63, 3.8) is 0 Å². The number of nitrogens with one attached hydrogen (secondary N) is 2. The number of ether oxygens (including phenoxy) is 2. The molecule has 2 aliphatic rings. The summed E-state index contributed by atoms with van der Waals surface area (Å²) in [5.74, 6) is 1.78. The first kappa shape index (κ1) is 11.8. The maximum Gasteiger partial charge on any atom is 0.181 e. The standard InChI is InChI=1S/C14H20N2O2/c1-15-6-8-16(9-7-15)10-12-11-17-13-4-2-3-5-14(13)18-12/h2-5,12H,6-11H2,1H3/p+2/t12-/m1/s1. The number of benzene rings is 1. The van der Waals surface area contributed by atoms with Gasteiger partial charge in [-0.05, 0) is 12.1 Å². The van der Waals surface area contributed by atoms with Gasteiger partial charge in [-0.15, -0.1) is 0 Å². The molecule has 18 heavy (non-hydrogen) atoms. The first-order valence-electron chi connectivity index (χ1n) is 6.84. The molecule has 2 heterocycles. The van der Waals surface area contributed by atoms with Gasteiger partial charge in [0.15, 0.2) is 17.6 Å². The molecule has 3 rings (SSSR count). The van der Waals surface area contributed by atoms with E-state index in [-0.39, 0.29) is 6.10 Å². The normalized spacial score (nSPS) is 31.1. The van der Waals surface area contributed by atoms with Gasteiger partial charge in [-0.1, -0.05) is 12.1 Å². The molecule has 0 saturated carbocycles. The smallest absolute Gasteiger partial charge is 0.181 e. The summed E-state index contributed by atoms with van der Waals surface area (Å²) in [7, 11) is 2.27. The van der Waals surface area contributed by atoms with Crippen LogP contribution in [0.5, 0.6) is 11.5 Å². The minimum absolute atomic E-state index is 0.202. The van der Waals surface area contributed by atoms with E-state index in [1.54, 1.807) is 9.80 Å². The highest BCUT2D eigenvalue weighted by Crippen LogP contribution is 2.30. The van der Waals surface area contributed by atoms with Crippen molar-refractivity contribution in [1.29, 1.82) is 0 Å². The van der Waals surface area contributed by atoms with E-state index in [4.69, 9.17) is 9.47 Å². The van der Waals surface area contributed by atoms with Gasteiger partial charge in [-0.25, -0.2) is 0 Å². The highest BCUT2D eigenvalue weighted by Gasteiger charge is 2.28. The molecule has 4 heteroatoms. The molecule has 0 bridgehead atoms. The van der Waals surface area contributed by atoms with Gasteiger partial charge in [0.2, 0.25) is 0 Å². The van der Waals surface area contributed by atoms with E-state index in [1.807, 2.05) is 24.3 Å². The van der Waals surface area contributed by atoms with Gasteiger partial charge in [0.25, 0.3) is 0 Å². The lowest BCUT2D eigenvalue weighted by Crippen LogP contribution is -3.27. The van der Waals surface area contributed by atoms with Crippen molar-refractivity contribution in [3.05, 3.63) is 24.3 Å². The summed E-state index contributed by atoms with van der Waals surface area (Å²) in [5.41, 5.74) is 0. The molecule has 98 valence electrons. The SMILES string of the molecule is C[NH+]1CC[NH+](C[C@@H]2COc3ccccc3O2)CC1. The Morgan fingerprint density at radius 1 is 1.11 bits per heavy atom. The second kappa shape index (κ2) is 5.16. The zero-order valence-electron chi connectivity index (χ0n) is 10.9. The average molecular weight is 250 g/mol. The number of likely N-dealkylation sites (N-methyl/N-ethyl adjacent to an activating group) is 1. The van der Waals surface area contributed by atoms with E-state index in [0.29, 0.717) is 6.61 Å². The number of rotatable bonds is 2. The van der Waals surface area contributed by atoms with Crippen LogP contribution in [0.3, 0.4) is 0 Å². The summed E-state index contributed by atoms with van der Waals surface area (Å²) in [5, 5.41) is 0. The van der Waals surface area contributed by atoms with Crippen LogP contribution in [-0.4, -0.2) is 52.5 Å². The van der Waals surface area contributed by atoms with Crippen LogP contribution < -0.4 is 19.3 Å². The van der Waals surface area contributed by atoms with Gasteiger partial charge >= 0.3 is 0 Å². The highest BCUT2D eigenvalue weighted by atomic mass is 16.6. The van der Waals surface area contributed by atoms with Crippen molar-refractivity contribution >= 4 is 0 Å². The van der Waals surface area contributed by atoms with Crippen LogP contribution in [0.25, 0.3) is 0 Å². The molecule has 1 fully saturated rings. The average Bonchev–Trinajstić information content (AvgIpc) is 2.41. The molecule has 0 aromatic heterocycles. The van der Waals surface area contributed by atoms with Crippen LogP contribution in [0.2, 0.25) is 0 Å². The zero-order chi connectivity index (χ0) is 12.4. The minimum Gasteiger partial charge on any atom is -0.486 e. The van der Waals surface area contributed by atoms with Gasteiger partial charge in [-0.3, -0.25) is 0 Å². The van der Waals surface area contributed by atoms with Gasteiger partial charge < -0.3 is 19.3 Å². The topological polar surface area (TPSA) is 27.3 Å². The van der Waals surface area contributed by atoms with Crippen molar-refractivity contribution in [2.45, 2.75) is 6.10 Å². The van der Waals surface area contributed by atoms with E-state index in [0.717, 1.165) is 18.0 Å². The quantitative estimate of drug-likeness (QED) is 0.651. The van der Waals surface area contributed by atoms with E-state index < -0.39 is 0 Å². The monoisotopic (exact) mass is 250 g/mol. The van der Waals surface area contributed by atoms with Crippen molar-refractivity contribution in [2.75, 3.05) is 46.4 Å². The molecule has 1 aromatic rings. The van der Waals surface area contributed by atoms with Crippen LogP contribution in [0.15, 0.2) is 24.3 Å². The first-order chi connectivity index (χ1) is 8.81. The lowest BCUT2D eigenvalue weighted by atomic mass is 10.2. The third-order valence-corrected chi connectivity index (χ3v) is 3.89. The first-order valence-corrected chi connectivity index (χ1v) is 6.84. The third-order valence-electron chi connectivity index (χ3n) is 3.89. The Kier molecular flexibility index (Phi) is 3.39. The molecule has 1 saturated heterocycles. The predicted molar refractivity (Wildman–Crippen MR) is 68.5 cm³/mol. The Morgan fingerprint density at radius 2 is 1.83 bits per heavy atom. The molecule has 1 aromatic carbocycles. The van der Waals surface area contributed by atoms with Crippen LogP contribution in [0.1, 0.15) is 0 Å². The van der Waals surface area contributed by atoms with E-state index in [9.17, 15) is 0 Å². The van der Waals surface area contributed by atoms with Crippen molar-refractivity contribution in [3.8, 4) is 11.5 Å². The molecule has 4 nitrogen and oxygen atoms in total. The highest BCUT2D eigenvalue weighted by molar-refractivity contribution is 5.40. The Labute approximate surface area is 108 Å². The summed E-state index contributed by atoms with van der Waals surface area (Å²) in [6, 6.07) is 7.94. The molecule has 1 atom stereocenters. The third kappa shape index (κ3) is 2.60. The molecule has 0 radical (unpaired) electrons. The van der Waals surface area contributed by atoms with Crippen LogP contribution in [0.4, 0.5) is 0 Å². The van der Waals surface area contributed by atoms with Crippen LogP contribution in [0, 0.1) is 0 Å². The van der Waals surface area contributed by atoms with Gasteiger partial charge in [-0.2, -0.15) is 0 Å². The lowest BCUT2D eigenvalue weighted by Gasteiger charge is -2.32. The minimum atomic E-state index is 0.202. The molecule has 0 aliphatic carbocycles. The lowest BCUT2D eigenvalue weighted by molar-refractivity contribution is -1.00. The maximum atomic E-state index is 6.01. The van der Waals surface area contributed by atoms with E-state index in [2.05, 4.69) is 7.05 Å². The summed E-state index contributed by atoms with van der Waals surface area (Å²) >= 11 is 0. The Hall–Kier alpha value is -1.26. The molecular weight excluding hydrogens is 228 g/mol. The van der Waals surface area contributed by atoms with Gasteiger partial charge in [0.05, 0.1) is 7.05 Å². The summed E-state index contributed by atoms with van der Waals surface area (Å²) in [6.07, 6.45) is 0.202. The number of para-hydroxylation sites is 2. The molecular formula is C14H22N2O2+2. The molecule has 0 unspecified atom stereocenters. The number of fused-ring (bicyclic) bond motifs is 1.